The first-order valence-electron chi connectivity index (χ1n) is 10.2. The number of carbonyl (C=O) groups is 1. The molecule has 1 saturated heterocycles. The van der Waals surface area contributed by atoms with Gasteiger partial charge in [-0.15, -0.1) is 11.8 Å². The standard InChI is InChI=1S/C23H16N8OS/c32-21-11-33-22(15-8-26-13-27-9-15)31(21)23-29-19(14-6-24-12-25-7-14)5-20(30-23)17-10-28-18-4-2-1-3-16(17)18/h1-10,12-13,22,28H,11H2. The molecular formula is C23H16N8OS. The number of benzene rings is 1. The number of thioether (sulfide) groups is 1. The number of rotatable bonds is 4. The van der Waals surface area contributed by atoms with Gasteiger partial charge in [0.15, 0.2) is 0 Å². The molecule has 1 fully saturated rings. The van der Waals surface area contributed by atoms with Gasteiger partial charge < -0.3 is 4.98 Å². The topological polar surface area (TPSA) is 113 Å². The maximum atomic E-state index is 13.0. The molecular weight excluding hydrogens is 436 g/mol. The summed E-state index contributed by atoms with van der Waals surface area (Å²) in [6, 6.07) is 9.91. The van der Waals surface area contributed by atoms with Crippen molar-refractivity contribution in [1.29, 1.82) is 0 Å². The number of anilines is 1. The van der Waals surface area contributed by atoms with Crippen LogP contribution in [0.1, 0.15) is 10.9 Å². The van der Waals surface area contributed by atoms with Crippen molar-refractivity contribution in [2.24, 2.45) is 0 Å². The Kier molecular flexibility index (Phi) is 4.76. The molecule has 160 valence electrons. The molecule has 5 aromatic rings. The van der Waals surface area contributed by atoms with Crippen LogP contribution in [-0.2, 0) is 4.79 Å². The Hall–Kier alpha value is -4.18. The van der Waals surface area contributed by atoms with Crippen LogP contribution in [0.15, 0.2) is 74.0 Å². The van der Waals surface area contributed by atoms with E-state index in [1.165, 1.54) is 24.4 Å². The average molecular weight is 453 g/mol. The quantitative estimate of drug-likeness (QED) is 0.440. The van der Waals surface area contributed by atoms with E-state index >= 15 is 0 Å². The second kappa shape index (κ2) is 8.06. The lowest BCUT2D eigenvalue weighted by Gasteiger charge is -2.22. The van der Waals surface area contributed by atoms with E-state index in [1.54, 1.807) is 29.7 Å². The number of para-hydroxylation sites is 1. The number of amides is 1. The zero-order valence-corrected chi connectivity index (χ0v) is 18.0. The van der Waals surface area contributed by atoms with Gasteiger partial charge in [0.25, 0.3) is 0 Å². The lowest BCUT2D eigenvalue weighted by Crippen LogP contribution is -2.30. The first-order chi connectivity index (χ1) is 16.3. The lowest BCUT2D eigenvalue weighted by molar-refractivity contribution is -0.115. The minimum absolute atomic E-state index is 0.0693. The number of H-pyrrole nitrogens is 1. The predicted molar refractivity (Wildman–Crippen MR) is 125 cm³/mol. The van der Waals surface area contributed by atoms with Crippen molar-refractivity contribution in [2.75, 3.05) is 10.7 Å². The summed E-state index contributed by atoms with van der Waals surface area (Å²) < 4.78 is 0. The normalized spacial score (nSPS) is 15.9. The SMILES string of the molecule is O=C1CSC(c2cncnc2)N1c1nc(-c2cncnc2)cc(-c2c[nH]c3ccccc23)n1. The molecule has 0 saturated carbocycles. The van der Waals surface area contributed by atoms with Crippen LogP contribution in [0.25, 0.3) is 33.4 Å². The highest BCUT2D eigenvalue weighted by molar-refractivity contribution is 8.00. The molecule has 1 aromatic carbocycles. The van der Waals surface area contributed by atoms with Crippen molar-refractivity contribution >= 4 is 34.5 Å². The number of nitrogens with zero attached hydrogens (tertiary/aromatic N) is 7. The van der Waals surface area contributed by atoms with Crippen molar-refractivity contribution in [1.82, 2.24) is 34.9 Å². The Balaban J connectivity index is 1.54. The second-order valence-corrected chi connectivity index (χ2v) is 8.48. The Bertz CT molecular complexity index is 1460. The molecule has 10 heteroatoms. The highest BCUT2D eigenvalue weighted by Gasteiger charge is 2.36. The molecule has 0 spiro atoms. The van der Waals surface area contributed by atoms with Gasteiger partial charge in [-0.05, 0) is 12.1 Å². The van der Waals surface area contributed by atoms with E-state index in [0.717, 1.165) is 27.6 Å². The van der Waals surface area contributed by atoms with E-state index in [-0.39, 0.29) is 11.3 Å². The summed E-state index contributed by atoms with van der Waals surface area (Å²) in [5, 5.41) is 0.726. The Labute approximate surface area is 192 Å². The number of nitrogens with one attached hydrogen (secondary N) is 1. The zero-order chi connectivity index (χ0) is 22.2. The smallest absolute Gasteiger partial charge is 0.240 e. The van der Waals surface area contributed by atoms with Gasteiger partial charge >= 0.3 is 0 Å². The number of aromatic amines is 1. The molecule has 1 aliphatic heterocycles. The van der Waals surface area contributed by atoms with Crippen LogP contribution in [0.5, 0.6) is 0 Å². The molecule has 5 heterocycles. The third-order valence-corrected chi connectivity index (χ3v) is 6.60. The van der Waals surface area contributed by atoms with E-state index in [0.29, 0.717) is 23.1 Å². The minimum atomic E-state index is -0.309. The van der Waals surface area contributed by atoms with Gasteiger partial charge in [0.05, 0.1) is 17.1 Å². The van der Waals surface area contributed by atoms with E-state index in [1.807, 2.05) is 36.5 Å². The predicted octanol–water partition coefficient (Wildman–Crippen LogP) is 3.65. The first-order valence-corrected chi connectivity index (χ1v) is 11.2. The number of hydrogen-bond acceptors (Lipinski definition) is 8. The third-order valence-electron chi connectivity index (χ3n) is 5.38. The number of hydrogen-bond donors (Lipinski definition) is 1. The average Bonchev–Trinajstić information content (AvgIpc) is 3.48. The van der Waals surface area contributed by atoms with Gasteiger partial charge in [0, 0.05) is 58.6 Å². The number of carbonyl (C=O) groups excluding carboxylic acids is 1. The van der Waals surface area contributed by atoms with Gasteiger partial charge in [-0.1, -0.05) is 18.2 Å². The van der Waals surface area contributed by atoms with Gasteiger partial charge in [0.1, 0.15) is 18.0 Å². The highest BCUT2D eigenvalue weighted by atomic mass is 32.2. The largest absolute Gasteiger partial charge is 0.360 e. The molecule has 9 nitrogen and oxygen atoms in total. The van der Waals surface area contributed by atoms with Crippen LogP contribution in [0.3, 0.4) is 0 Å². The van der Waals surface area contributed by atoms with E-state index in [4.69, 9.17) is 9.97 Å². The monoisotopic (exact) mass is 452 g/mol. The molecule has 1 unspecified atom stereocenters. The lowest BCUT2D eigenvalue weighted by atomic mass is 10.1. The Morgan fingerprint density at radius 1 is 0.939 bits per heavy atom. The van der Waals surface area contributed by atoms with E-state index in [9.17, 15) is 4.79 Å². The van der Waals surface area contributed by atoms with Crippen LogP contribution >= 0.6 is 11.8 Å². The summed E-state index contributed by atoms with van der Waals surface area (Å²) in [4.78, 5) is 44.0. The van der Waals surface area contributed by atoms with E-state index in [2.05, 4.69) is 24.9 Å². The van der Waals surface area contributed by atoms with Gasteiger partial charge in [0.2, 0.25) is 11.9 Å². The maximum Gasteiger partial charge on any atom is 0.240 e. The zero-order valence-electron chi connectivity index (χ0n) is 17.2. The summed E-state index contributed by atoms with van der Waals surface area (Å²) in [5.41, 5.74) is 4.81. The molecule has 1 amide bonds. The van der Waals surface area contributed by atoms with Crippen LogP contribution < -0.4 is 4.90 Å². The van der Waals surface area contributed by atoms with Crippen LogP contribution in [0.2, 0.25) is 0 Å². The molecule has 4 aromatic heterocycles. The van der Waals surface area contributed by atoms with Crippen molar-refractivity contribution in [3.8, 4) is 22.5 Å². The highest BCUT2D eigenvalue weighted by Crippen LogP contribution is 2.41. The second-order valence-electron chi connectivity index (χ2n) is 7.41. The van der Waals surface area contributed by atoms with Crippen LogP contribution in [0.4, 0.5) is 5.95 Å². The summed E-state index contributed by atoms with van der Waals surface area (Å²) in [6.07, 6.45) is 11.7. The fourth-order valence-corrected chi connectivity index (χ4v) is 4.98. The number of fused-ring (bicyclic) bond motifs is 1. The molecule has 0 aliphatic carbocycles. The Morgan fingerprint density at radius 2 is 1.67 bits per heavy atom. The maximum absolute atomic E-state index is 13.0. The van der Waals surface area contributed by atoms with E-state index < -0.39 is 0 Å². The van der Waals surface area contributed by atoms with Crippen LogP contribution in [0, 0.1) is 0 Å². The molecule has 1 N–H and O–H groups in total. The van der Waals surface area contributed by atoms with Gasteiger partial charge in [-0.2, -0.15) is 0 Å². The van der Waals surface area contributed by atoms with Crippen molar-refractivity contribution in [3.63, 3.8) is 0 Å². The fraction of sp³-hybridized carbons (Fsp3) is 0.0870. The fourth-order valence-electron chi connectivity index (χ4n) is 3.87. The summed E-state index contributed by atoms with van der Waals surface area (Å²) in [7, 11) is 0. The first kappa shape index (κ1) is 19.5. The number of aromatic nitrogens is 7. The summed E-state index contributed by atoms with van der Waals surface area (Å²) in [5.74, 6) is 0.574. The van der Waals surface area contributed by atoms with Crippen molar-refractivity contribution in [3.05, 3.63) is 79.5 Å². The molecule has 1 atom stereocenters. The molecule has 33 heavy (non-hydrogen) atoms. The molecule has 0 bridgehead atoms. The third kappa shape index (κ3) is 3.50. The van der Waals surface area contributed by atoms with Crippen molar-refractivity contribution < 1.29 is 4.79 Å². The van der Waals surface area contributed by atoms with Gasteiger partial charge in [-0.3, -0.25) is 9.69 Å². The van der Waals surface area contributed by atoms with Gasteiger partial charge in [-0.25, -0.2) is 29.9 Å². The van der Waals surface area contributed by atoms with Crippen molar-refractivity contribution in [2.45, 2.75) is 5.37 Å². The molecule has 6 rings (SSSR count). The summed E-state index contributed by atoms with van der Waals surface area (Å²) in [6.45, 7) is 0. The molecule has 1 aliphatic rings. The Morgan fingerprint density at radius 3 is 2.48 bits per heavy atom. The molecule has 0 radical (unpaired) electrons. The minimum Gasteiger partial charge on any atom is -0.360 e. The summed E-state index contributed by atoms with van der Waals surface area (Å²) >= 11 is 1.50. The van der Waals surface area contributed by atoms with Crippen LogP contribution in [-0.4, -0.2) is 46.5 Å².